The number of carbonyl (C=O) groups excluding carboxylic acids is 1. The van der Waals surface area contributed by atoms with Crippen molar-refractivity contribution in [3.05, 3.63) is 77.8 Å². The van der Waals surface area contributed by atoms with Crippen LogP contribution < -0.4 is 10.2 Å². The molecule has 1 N–H and O–H groups in total. The molecule has 0 bridgehead atoms. The van der Waals surface area contributed by atoms with E-state index in [1.165, 1.54) is 0 Å². The Bertz CT molecular complexity index is 809. The molecule has 0 aliphatic heterocycles. The molecule has 0 saturated carbocycles. The predicted octanol–water partition coefficient (Wildman–Crippen LogP) is 4.04. The number of anilines is 3. The lowest BCUT2D eigenvalue weighted by Crippen LogP contribution is -2.16. The van der Waals surface area contributed by atoms with Crippen LogP contribution in [0.25, 0.3) is 0 Å². The van der Waals surface area contributed by atoms with E-state index >= 15 is 0 Å². The van der Waals surface area contributed by atoms with Crippen LogP contribution in [0.3, 0.4) is 0 Å². The molecule has 0 aliphatic rings. The maximum Gasteiger partial charge on any atom is 0.218 e. The van der Waals surface area contributed by atoms with Gasteiger partial charge in [-0.3, -0.25) is 19.7 Å². The summed E-state index contributed by atoms with van der Waals surface area (Å²) < 4.78 is 0. The first kappa shape index (κ1) is 16.0. The Morgan fingerprint density at radius 2 is 1.71 bits per heavy atom. The largest absolute Gasteiger partial charge is 0.378 e. The molecule has 0 radical (unpaired) electrons. The van der Waals surface area contributed by atoms with Crippen molar-refractivity contribution in [3.8, 4) is 0 Å². The zero-order valence-corrected chi connectivity index (χ0v) is 13.5. The Labute approximate surface area is 144 Å². The van der Waals surface area contributed by atoms with Crippen LogP contribution in [0.5, 0.6) is 0 Å². The molecule has 0 unspecified atom stereocenters. The number of pyridine rings is 2. The number of carbonyl (C=O) groups is 1. The maximum absolute atomic E-state index is 11.7. The number of hydrogen-bond donors (Lipinski definition) is 1. The third kappa shape index (κ3) is 3.70. The Morgan fingerprint density at radius 3 is 2.42 bits per heavy atom. The molecule has 0 spiro atoms. The normalized spacial score (nSPS) is 10.2. The zero-order valence-electron chi connectivity index (χ0n) is 12.8. The highest BCUT2D eigenvalue weighted by atomic mass is 35.5. The highest BCUT2D eigenvalue weighted by Crippen LogP contribution is 2.31. The van der Waals surface area contributed by atoms with E-state index in [1.54, 1.807) is 60.0 Å². The van der Waals surface area contributed by atoms with E-state index in [2.05, 4.69) is 15.3 Å². The second-order valence-electron chi connectivity index (χ2n) is 5.05. The highest BCUT2D eigenvalue weighted by Gasteiger charge is 2.13. The number of benzene rings is 1. The van der Waals surface area contributed by atoms with Gasteiger partial charge in [0.2, 0.25) is 6.41 Å². The molecule has 2 heterocycles. The predicted molar refractivity (Wildman–Crippen MR) is 95.5 cm³/mol. The maximum atomic E-state index is 11.7. The first-order valence-corrected chi connectivity index (χ1v) is 7.72. The number of rotatable bonds is 6. The molecule has 1 amide bonds. The van der Waals surface area contributed by atoms with E-state index < -0.39 is 0 Å². The summed E-state index contributed by atoms with van der Waals surface area (Å²) >= 11 is 5.92. The van der Waals surface area contributed by atoms with Crippen LogP contribution >= 0.6 is 11.6 Å². The fourth-order valence-electron chi connectivity index (χ4n) is 2.29. The van der Waals surface area contributed by atoms with Gasteiger partial charge in [0.25, 0.3) is 0 Å². The van der Waals surface area contributed by atoms with Gasteiger partial charge in [0, 0.05) is 35.8 Å². The van der Waals surface area contributed by atoms with Gasteiger partial charge >= 0.3 is 0 Å². The van der Waals surface area contributed by atoms with Crippen LogP contribution in [-0.4, -0.2) is 16.4 Å². The Hall–Kier alpha value is -2.92. The van der Waals surface area contributed by atoms with Gasteiger partial charge in [-0.15, -0.1) is 0 Å². The molecule has 1 aromatic carbocycles. The van der Waals surface area contributed by atoms with Crippen molar-refractivity contribution < 1.29 is 4.79 Å². The number of aromatic nitrogens is 2. The van der Waals surface area contributed by atoms with E-state index in [0.717, 1.165) is 29.0 Å². The molecule has 120 valence electrons. The second kappa shape index (κ2) is 7.57. The van der Waals surface area contributed by atoms with E-state index in [0.29, 0.717) is 11.6 Å². The first-order valence-electron chi connectivity index (χ1n) is 7.35. The first-order chi connectivity index (χ1) is 11.8. The van der Waals surface area contributed by atoms with Crippen LogP contribution in [0, 0.1) is 0 Å². The molecular formula is C18H15ClN4O. The van der Waals surface area contributed by atoms with Gasteiger partial charge < -0.3 is 5.32 Å². The topological polar surface area (TPSA) is 58.1 Å². The highest BCUT2D eigenvalue weighted by molar-refractivity contribution is 6.30. The van der Waals surface area contributed by atoms with Crippen molar-refractivity contribution in [2.24, 2.45) is 0 Å². The zero-order chi connectivity index (χ0) is 16.8. The quantitative estimate of drug-likeness (QED) is 0.689. The van der Waals surface area contributed by atoms with E-state index in [1.807, 2.05) is 12.1 Å². The van der Waals surface area contributed by atoms with Crippen molar-refractivity contribution in [2.75, 3.05) is 10.2 Å². The SMILES string of the molecule is O=CN(c1ccc(Cl)cc1)c1ccncc1NCc1ccncc1. The number of nitrogens with one attached hydrogen (secondary N) is 1. The van der Waals surface area contributed by atoms with Crippen LogP contribution in [0.2, 0.25) is 5.02 Å². The summed E-state index contributed by atoms with van der Waals surface area (Å²) in [5.74, 6) is 0. The number of hydrogen-bond acceptors (Lipinski definition) is 4. The van der Waals surface area contributed by atoms with Gasteiger partial charge in [-0.1, -0.05) is 11.6 Å². The minimum atomic E-state index is 0.606. The lowest BCUT2D eigenvalue weighted by molar-refractivity contribution is -0.106. The minimum Gasteiger partial charge on any atom is -0.378 e. The van der Waals surface area contributed by atoms with Crippen molar-refractivity contribution in [1.82, 2.24) is 9.97 Å². The molecule has 24 heavy (non-hydrogen) atoms. The average Bonchev–Trinajstić information content (AvgIpc) is 2.64. The molecule has 0 aliphatic carbocycles. The Kier molecular flexibility index (Phi) is 5.03. The molecular weight excluding hydrogens is 324 g/mol. The van der Waals surface area contributed by atoms with Gasteiger partial charge in [0.15, 0.2) is 0 Å². The number of amides is 1. The third-order valence-electron chi connectivity index (χ3n) is 3.50. The lowest BCUT2D eigenvalue weighted by Gasteiger charge is -2.21. The summed E-state index contributed by atoms with van der Waals surface area (Å²) in [6.07, 6.45) is 7.61. The van der Waals surface area contributed by atoms with Crippen molar-refractivity contribution in [3.63, 3.8) is 0 Å². The van der Waals surface area contributed by atoms with Crippen LogP contribution in [0.1, 0.15) is 5.56 Å². The smallest absolute Gasteiger partial charge is 0.218 e. The Balaban J connectivity index is 1.87. The lowest BCUT2D eigenvalue weighted by atomic mass is 10.2. The Morgan fingerprint density at radius 1 is 1.00 bits per heavy atom. The molecule has 0 fully saturated rings. The molecule has 0 saturated heterocycles. The summed E-state index contributed by atoms with van der Waals surface area (Å²) in [6, 6.07) is 12.7. The van der Waals surface area contributed by atoms with Crippen molar-refractivity contribution in [2.45, 2.75) is 6.54 Å². The summed E-state index contributed by atoms with van der Waals surface area (Å²) in [5.41, 5.74) is 3.30. The molecule has 0 atom stereocenters. The molecule has 3 rings (SSSR count). The molecule has 5 nitrogen and oxygen atoms in total. The van der Waals surface area contributed by atoms with Gasteiger partial charge in [-0.05, 0) is 48.0 Å². The van der Waals surface area contributed by atoms with Gasteiger partial charge in [0.05, 0.1) is 17.6 Å². The summed E-state index contributed by atoms with van der Waals surface area (Å²) in [5, 5.41) is 3.93. The summed E-state index contributed by atoms with van der Waals surface area (Å²) in [4.78, 5) is 21.3. The summed E-state index contributed by atoms with van der Waals surface area (Å²) in [7, 11) is 0. The van der Waals surface area contributed by atoms with E-state index in [4.69, 9.17) is 11.6 Å². The van der Waals surface area contributed by atoms with Crippen LogP contribution in [-0.2, 0) is 11.3 Å². The van der Waals surface area contributed by atoms with Gasteiger partial charge in [-0.2, -0.15) is 0 Å². The van der Waals surface area contributed by atoms with Gasteiger partial charge in [-0.25, -0.2) is 0 Å². The minimum absolute atomic E-state index is 0.606. The summed E-state index contributed by atoms with van der Waals surface area (Å²) in [6.45, 7) is 0.606. The monoisotopic (exact) mass is 338 g/mol. The van der Waals surface area contributed by atoms with Crippen molar-refractivity contribution in [1.29, 1.82) is 0 Å². The fourth-order valence-corrected chi connectivity index (χ4v) is 2.42. The second-order valence-corrected chi connectivity index (χ2v) is 5.49. The molecule has 3 aromatic rings. The number of halogens is 1. The number of nitrogens with zero attached hydrogens (tertiary/aromatic N) is 3. The molecule has 6 heteroatoms. The van der Waals surface area contributed by atoms with Crippen molar-refractivity contribution >= 4 is 35.1 Å². The van der Waals surface area contributed by atoms with Crippen LogP contribution in [0.15, 0.2) is 67.3 Å². The third-order valence-corrected chi connectivity index (χ3v) is 3.75. The van der Waals surface area contributed by atoms with Gasteiger partial charge in [0.1, 0.15) is 0 Å². The molecule has 2 aromatic heterocycles. The fraction of sp³-hybridized carbons (Fsp3) is 0.0556. The standard InChI is InChI=1S/C18H15ClN4O/c19-15-1-3-16(4-2-15)23(13-24)18-7-10-21-12-17(18)22-11-14-5-8-20-9-6-14/h1-10,12-13,22H,11H2. The average molecular weight is 339 g/mol. The van der Waals surface area contributed by atoms with Crippen LogP contribution in [0.4, 0.5) is 17.1 Å². The van der Waals surface area contributed by atoms with E-state index in [-0.39, 0.29) is 0 Å². The van der Waals surface area contributed by atoms with E-state index in [9.17, 15) is 4.79 Å².